The number of carboxylic acids is 1. The summed E-state index contributed by atoms with van der Waals surface area (Å²) in [5.41, 5.74) is 6.26. The summed E-state index contributed by atoms with van der Waals surface area (Å²) < 4.78 is 10.4. The topological polar surface area (TPSA) is 102 Å². The minimum Gasteiger partial charge on any atom is -0.507 e. The number of nitrogens with two attached hydrogens (primary N) is 1. The molecule has 1 aliphatic rings. The first kappa shape index (κ1) is 11.5. The van der Waals surface area contributed by atoms with Crippen molar-refractivity contribution in [2.24, 2.45) is 5.73 Å². The van der Waals surface area contributed by atoms with Crippen LogP contribution in [0, 0.1) is 0 Å². The van der Waals surface area contributed by atoms with Crippen molar-refractivity contribution in [3.8, 4) is 17.2 Å². The highest BCUT2D eigenvalue weighted by Gasteiger charge is 2.25. The number of rotatable bonds is 4. The number of aliphatic carboxylic acids is 1. The third kappa shape index (κ3) is 2.26. The molecule has 1 aromatic carbocycles. The van der Waals surface area contributed by atoms with Gasteiger partial charge in [-0.1, -0.05) is 0 Å². The number of benzene rings is 1. The number of phenolic OH excluding ortho intramolecular Hbond substituents is 1. The number of aromatic hydroxyl groups is 1. The lowest BCUT2D eigenvalue weighted by molar-refractivity contribution is -0.137. The monoisotopic (exact) mass is 239 g/mol. The molecule has 0 saturated carbocycles. The van der Waals surface area contributed by atoms with Crippen LogP contribution in [0.25, 0.3) is 0 Å². The van der Waals surface area contributed by atoms with E-state index in [-0.39, 0.29) is 25.4 Å². The molecule has 1 aliphatic heterocycles. The van der Waals surface area contributed by atoms with Crippen LogP contribution < -0.4 is 15.2 Å². The van der Waals surface area contributed by atoms with Gasteiger partial charge in [0.1, 0.15) is 5.75 Å². The fourth-order valence-electron chi connectivity index (χ4n) is 1.77. The first-order valence-corrected chi connectivity index (χ1v) is 5.18. The highest BCUT2D eigenvalue weighted by molar-refractivity contribution is 5.67. The van der Waals surface area contributed by atoms with Crippen molar-refractivity contribution in [3.63, 3.8) is 0 Å². The first-order chi connectivity index (χ1) is 8.09. The van der Waals surface area contributed by atoms with Crippen molar-refractivity contribution in [2.45, 2.75) is 18.9 Å². The number of hydrogen-bond acceptors (Lipinski definition) is 5. The average molecular weight is 239 g/mol. The van der Waals surface area contributed by atoms with E-state index in [1.165, 1.54) is 6.07 Å². The summed E-state index contributed by atoms with van der Waals surface area (Å²) in [5, 5.41) is 18.3. The molecule has 4 N–H and O–H groups in total. The predicted molar refractivity (Wildman–Crippen MR) is 58.0 cm³/mol. The molecule has 1 unspecified atom stereocenters. The van der Waals surface area contributed by atoms with Gasteiger partial charge < -0.3 is 25.4 Å². The molecule has 0 fully saturated rings. The van der Waals surface area contributed by atoms with Crippen LogP contribution in [0.15, 0.2) is 12.1 Å². The van der Waals surface area contributed by atoms with Gasteiger partial charge in [-0.2, -0.15) is 0 Å². The summed E-state index contributed by atoms with van der Waals surface area (Å²) in [5.74, 6) is -0.0108. The maximum absolute atomic E-state index is 10.5. The SMILES string of the molecule is NC(CCC(=O)O)c1c(O)ccc2c1OCO2. The zero-order chi connectivity index (χ0) is 12.4. The van der Waals surface area contributed by atoms with Gasteiger partial charge in [0.25, 0.3) is 0 Å². The number of ether oxygens (including phenoxy) is 2. The first-order valence-electron chi connectivity index (χ1n) is 5.18. The van der Waals surface area contributed by atoms with Gasteiger partial charge in [0.15, 0.2) is 11.5 Å². The Bertz CT molecular complexity index is 446. The van der Waals surface area contributed by atoms with Gasteiger partial charge in [-0.05, 0) is 18.6 Å². The maximum atomic E-state index is 10.5. The molecule has 0 spiro atoms. The van der Waals surface area contributed by atoms with Gasteiger partial charge in [0.2, 0.25) is 6.79 Å². The second kappa shape index (κ2) is 4.50. The Morgan fingerprint density at radius 2 is 2.24 bits per heavy atom. The smallest absolute Gasteiger partial charge is 0.303 e. The molecule has 92 valence electrons. The van der Waals surface area contributed by atoms with Crippen molar-refractivity contribution < 1.29 is 24.5 Å². The fraction of sp³-hybridized carbons (Fsp3) is 0.364. The third-order valence-corrected chi connectivity index (χ3v) is 2.59. The molecule has 1 aromatic rings. The lowest BCUT2D eigenvalue weighted by Gasteiger charge is -2.14. The Morgan fingerprint density at radius 1 is 1.47 bits per heavy atom. The van der Waals surface area contributed by atoms with Crippen molar-refractivity contribution >= 4 is 5.97 Å². The quantitative estimate of drug-likeness (QED) is 0.724. The maximum Gasteiger partial charge on any atom is 0.303 e. The summed E-state index contributed by atoms with van der Waals surface area (Å²) in [4.78, 5) is 10.5. The number of hydrogen-bond donors (Lipinski definition) is 3. The molecule has 1 atom stereocenters. The Labute approximate surface area is 97.6 Å². The van der Waals surface area contributed by atoms with Crippen LogP contribution in [0.1, 0.15) is 24.4 Å². The van der Waals surface area contributed by atoms with Crippen molar-refractivity contribution in [3.05, 3.63) is 17.7 Å². The van der Waals surface area contributed by atoms with Crippen LogP contribution in [0.4, 0.5) is 0 Å². The molecule has 0 bridgehead atoms. The molecule has 0 aliphatic carbocycles. The number of carbonyl (C=O) groups is 1. The lowest BCUT2D eigenvalue weighted by Crippen LogP contribution is -2.13. The van der Waals surface area contributed by atoms with Crippen LogP contribution >= 0.6 is 0 Å². The van der Waals surface area contributed by atoms with Gasteiger partial charge >= 0.3 is 5.97 Å². The fourth-order valence-corrected chi connectivity index (χ4v) is 1.77. The molecule has 17 heavy (non-hydrogen) atoms. The summed E-state index contributed by atoms with van der Waals surface area (Å²) >= 11 is 0. The second-order valence-electron chi connectivity index (χ2n) is 3.77. The van der Waals surface area contributed by atoms with Gasteiger partial charge in [0, 0.05) is 12.5 Å². The molecule has 0 radical (unpaired) electrons. The largest absolute Gasteiger partial charge is 0.507 e. The Hall–Kier alpha value is -1.95. The summed E-state index contributed by atoms with van der Waals surface area (Å²) in [6.45, 7) is 0.0808. The lowest BCUT2D eigenvalue weighted by atomic mass is 10.0. The number of phenols is 1. The van der Waals surface area contributed by atoms with Crippen molar-refractivity contribution in [2.75, 3.05) is 6.79 Å². The predicted octanol–water partition coefficient (Wildman–Crippen LogP) is 0.985. The van der Waals surface area contributed by atoms with E-state index in [1.54, 1.807) is 6.07 Å². The molecule has 1 heterocycles. The van der Waals surface area contributed by atoms with E-state index in [0.29, 0.717) is 17.1 Å². The second-order valence-corrected chi connectivity index (χ2v) is 3.77. The Kier molecular flexibility index (Phi) is 3.06. The van der Waals surface area contributed by atoms with Crippen LogP contribution in [0.5, 0.6) is 17.2 Å². The molecule has 2 rings (SSSR count). The van der Waals surface area contributed by atoms with E-state index in [9.17, 15) is 9.90 Å². The molecule has 0 amide bonds. The average Bonchev–Trinajstić information content (AvgIpc) is 2.73. The molecular weight excluding hydrogens is 226 g/mol. The molecular formula is C11H13NO5. The van der Waals surface area contributed by atoms with Gasteiger partial charge in [-0.25, -0.2) is 0 Å². The number of fused-ring (bicyclic) bond motifs is 1. The summed E-state index contributed by atoms with van der Waals surface area (Å²) in [6, 6.07) is 2.46. The minimum absolute atomic E-state index is 0.00728. The van der Waals surface area contributed by atoms with E-state index in [2.05, 4.69) is 0 Å². The van der Waals surface area contributed by atoms with E-state index in [0.717, 1.165) is 0 Å². The van der Waals surface area contributed by atoms with E-state index < -0.39 is 12.0 Å². The van der Waals surface area contributed by atoms with E-state index in [1.807, 2.05) is 0 Å². The Balaban J connectivity index is 2.25. The van der Waals surface area contributed by atoms with Crippen molar-refractivity contribution in [1.82, 2.24) is 0 Å². The highest BCUT2D eigenvalue weighted by Crippen LogP contribution is 2.43. The zero-order valence-corrected chi connectivity index (χ0v) is 9.05. The standard InChI is InChI=1S/C11H13NO5/c12-6(1-4-9(14)15)10-7(13)2-3-8-11(10)17-5-16-8/h2-3,6,13H,1,4-5,12H2,(H,14,15). The third-order valence-electron chi connectivity index (χ3n) is 2.59. The zero-order valence-electron chi connectivity index (χ0n) is 9.05. The van der Waals surface area contributed by atoms with Gasteiger partial charge in [0.05, 0.1) is 5.56 Å². The van der Waals surface area contributed by atoms with Gasteiger partial charge in [-0.3, -0.25) is 4.79 Å². The molecule has 6 nitrogen and oxygen atoms in total. The van der Waals surface area contributed by atoms with Crippen LogP contribution in [0.2, 0.25) is 0 Å². The van der Waals surface area contributed by atoms with E-state index >= 15 is 0 Å². The minimum atomic E-state index is -0.926. The van der Waals surface area contributed by atoms with Gasteiger partial charge in [-0.15, -0.1) is 0 Å². The van der Waals surface area contributed by atoms with Crippen molar-refractivity contribution in [1.29, 1.82) is 0 Å². The highest BCUT2D eigenvalue weighted by atomic mass is 16.7. The normalized spacial score (nSPS) is 14.6. The summed E-state index contributed by atoms with van der Waals surface area (Å²) in [7, 11) is 0. The van der Waals surface area contributed by atoms with Crippen LogP contribution in [-0.4, -0.2) is 23.0 Å². The van der Waals surface area contributed by atoms with Crippen LogP contribution in [0.3, 0.4) is 0 Å². The van der Waals surface area contributed by atoms with Crippen LogP contribution in [-0.2, 0) is 4.79 Å². The Morgan fingerprint density at radius 3 is 2.94 bits per heavy atom. The summed E-state index contributed by atoms with van der Waals surface area (Å²) in [6.07, 6.45) is 0.161. The molecule has 6 heteroatoms. The van der Waals surface area contributed by atoms with E-state index in [4.69, 9.17) is 20.3 Å². The number of carboxylic acid groups (broad SMARTS) is 1. The molecule has 0 aromatic heterocycles. The molecule has 0 saturated heterocycles.